The van der Waals surface area contributed by atoms with Gasteiger partial charge in [-0.15, -0.1) is 0 Å². The summed E-state index contributed by atoms with van der Waals surface area (Å²) >= 11 is 0. The summed E-state index contributed by atoms with van der Waals surface area (Å²) in [5.41, 5.74) is 1.32. The van der Waals surface area contributed by atoms with Gasteiger partial charge in [-0.3, -0.25) is 4.99 Å². The lowest BCUT2D eigenvalue weighted by molar-refractivity contribution is 0.463. The summed E-state index contributed by atoms with van der Waals surface area (Å²) in [4.78, 5) is 3.84. The van der Waals surface area contributed by atoms with Gasteiger partial charge in [0.05, 0.1) is 10.6 Å². The first kappa shape index (κ1) is 13.3. The molecular weight excluding hydrogens is 266 g/mol. The van der Waals surface area contributed by atoms with E-state index in [1.807, 2.05) is 0 Å². The maximum atomic E-state index is 10.7. The summed E-state index contributed by atoms with van der Waals surface area (Å²) in [5.74, 6) is 0.169. The van der Waals surface area contributed by atoms with Crippen LogP contribution in [0.1, 0.15) is 5.56 Å². The highest BCUT2D eigenvalue weighted by molar-refractivity contribution is 7.85. The lowest BCUT2D eigenvalue weighted by atomic mass is 10.2. The molecule has 0 aliphatic carbocycles. The van der Waals surface area contributed by atoms with Gasteiger partial charge >= 0.3 is 0 Å². The molecule has 5 nitrogen and oxygen atoms in total. The van der Waals surface area contributed by atoms with Crippen molar-refractivity contribution < 1.29 is 18.1 Å². The third-order valence-electron chi connectivity index (χ3n) is 2.38. The quantitative estimate of drug-likeness (QED) is 0.686. The van der Waals surface area contributed by atoms with Crippen LogP contribution < -0.4 is 0 Å². The second-order valence-electron chi connectivity index (χ2n) is 3.80. The van der Waals surface area contributed by atoms with Gasteiger partial charge in [0.25, 0.3) is 0 Å². The molecule has 0 aliphatic rings. The van der Waals surface area contributed by atoms with Crippen LogP contribution in [0.2, 0.25) is 0 Å². The molecule has 0 saturated heterocycles. The normalized spacial score (nSPS) is 11.8. The molecule has 0 amide bonds. The highest BCUT2D eigenvalue weighted by Gasteiger charge is 1.99. The second-order valence-corrected chi connectivity index (χ2v) is 5.18. The maximum Gasteiger partial charge on any atom is 0.124 e. The first-order valence-electron chi connectivity index (χ1n) is 5.34. The second kappa shape index (κ2) is 5.21. The zero-order valence-corrected chi connectivity index (χ0v) is 10.5. The fraction of sp³-hybridized carbons (Fsp3) is 0. The molecule has 1 N–H and O–H groups in total. The third-order valence-corrected chi connectivity index (χ3v) is 3.23. The number of nitrogens with zero attached hydrogens (tertiary/aromatic N) is 1. The van der Waals surface area contributed by atoms with Gasteiger partial charge in [-0.05, 0) is 54.1 Å². The van der Waals surface area contributed by atoms with Gasteiger partial charge < -0.3 is 9.66 Å². The van der Waals surface area contributed by atoms with Crippen molar-refractivity contribution in [2.75, 3.05) is 0 Å². The van der Waals surface area contributed by atoms with E-state index in [1.54, 1.807) is 18.3 Å². The highest BCUT2D eigenvalue weighted by atomic mass is 32.2. The molecule has 98 valence electrons. The number of phenols is 1. The third kappa shape index (κ3) is 3.64. The van der Waals surface area contributed by atoms with E-state index in [-0.39, 0.29) is 10.6 Å². The van der Waals surface area contributed by atoms with Crippen molar-refractivity contribution in [3.05, 3.63) is 54.1 Å². The van der Waals surface area contributed by atoms with Crippen molar-refractivity contribution in [1.82, 2.24) is 0 Å². The average molecular weight is 276 g/mol. The zero-order chi connectivity index (χ0) is 13.9. The number of aromatic hydroxyl groups is 1. The number of hydrogen-bond donors (Lipinski definition) is 1. The lowest BCUT2D eigenvalue weighted by Gasteiger charge is -2.06. The molecule has 19 heavy (non-hydrogen) atoms. The van der Waals surface area contributed by atoms with Gasteiger partial charge in [0.2, 0.25) is 0 Å². The number of phenolic OH excluding ortho intramolecular Hbond substituents is 1. The van der Waals surface area contributed by atoms with E-state index in [9.17, 15) is 13.0 Å². The van der Waals surface area contributed by atoms with Crippen LogP contribution in [-0.4, -0.2) is 24.3 Å². The summed E-state index contributed by atoms with van der Waals surface area (Å²) in [5, 5.41) is 9.12. The SMILES string of the molecule is O=S(=O)([O-])c1ccc(N=Cc2ccc(O)cc2)cc1. The van der Waals surface area contributed by atoms with E-state index in [0.717, 1.165) is 5.56 Å². The Kier molecular flexibility index (Phi) is 3.64. The standard InChI is InChI=1S/C13H11NO4S/c15-12-5-1-10(2-6-12)9-14-11-3-7-13(8-4-11)19(16,17)18/h1-9,15H,(H,16,17,18)/p-1. The minimum atomic E-state index is -4.42. The molecule has 0 aliphatic heterocycles. The number of hydrogen-bond acceptors (Lipinski definition) is 5. The summed E-state index contributed by atoms with van der Waals surface area (Å²) in [6.45, 7) is 0. The molecule has 0 saturated carbocycles. The highest BCUT2D eigenvalue weighted by Crippen LogP contribution is 2.16. The molecule has 0 bridgehead atoms. The zero-order valence-electron chi connectivity index (χ0n) is 9.72. The minimum absolute atomic E-state index is 0.169. The molecule has 2 rings (SSSR count). The summed E-state index contributed by atoms with van der Waals surface area (Å²) in [6.07, 6.45) is 1.57. The Labute approximate surface area is 110 Å². The van der Waals surface area contributed by atoms with Crippen LogP contribution in [-0.2, 0) is 10.1 Å². The van der Waals surface area contributed by atoms with Gasteiger partial charge in [-0.25, -0.2) is 8.42 Å². The van der Waals surface area contributed by atoms with Crippen molar-refractivity contribution >= 4 is 22.0 Å². The molecule has 6 heteroatoms. The monoisotopic (exact) mass is 276 g/mol. The maximum absolute atomic E-state index is 10.7. The van der Waals surface area contributed by atoms with Crippen LogP contribution in [0.25, 0.3) is 0 Å². The molecule has 0 heterocycles. The number of rotatable bonds is 3. The molecule has 2 aromatic rings. The van der Waals surface area contributed by atoms with E-state index in [2.05, 4.69) is 4.99 Å². The molecule has 0 unspecified atom stereocenters. The van der Waals surface area contributed by atoms with E-state index in [1.165, 1.54) is 36.4 Å². The molecule has 0 radical (unpaired) electrons. The van der Waals surface area contributed by atoms with Crippen molar-refractivity contribution in [2.24, 2.45) is 4.99 Å². The van der Waals surface area contributed by atoms with Crippen LogP contribution in [0, 0.1) is 0 Å². The van der Waals surface area contributed by atoms with Gasteiger partial charge in [0.15, 0.2) is 0 Å². The first-order valence-corrected chi connectivity index (χ1v) is 6.75. The predicted molar refractivity (Wildman–Crippen MR) is 69.8 cm³/mol. The Hall–Kier alpha value is -2.18. The van der Waals surface area contributed by atoms with Gasteiger partial charge in [-0.2, -0.15) is 0 Å². The number of aliphatic imine (C=N–C) groups is 1. The summed E-state index contributed by atoms with van der Waals surface area (Å²) < 4.78 is 32.2. The molecule has 0 atom stereocenters. The van der Waals surface area contributed by atoms with E-state index < -0.39 is 10.1 Å². The first-order chi connectivity index (χ1) is 8.95. The number of benzene rings is 2. The fourth-order valence-corrected chi connectivity index (χ4v) is 1.88. The molecule has 2 aromatic carbocycles. The summed E-state index contributed by atoms with van der Waals surface area (Å²) in [7, 11) is -4.42. The van der Waals surface area contributed by atoms with Crippen LogP contribution in [0.5, 0.6) is 5.75 Å². The van der Waals surface area contributed by atoms with E-state index >= 15 is 0 Å². The van der Waals surface area contributed by atoms with Crippen LogP contribution in [0.15, 0.2) is 58.4 Å². The Morgan fingerprint density at radius 2 is 1.58 bits per heavy atom. The van der Waals surface area contributed by atoms with Gasteiger partial charge in [0, 0.05) is 6.21 Å². The van der Waals surface area contributed by atoms with Crippen molar-refractivity contribution in [1.29, 1.82) is 0 Å². The Morgan fingerprint density at radius 1 is 1.00 bits per heavy atom. The molecule has 0 fully saturated rings. The lowest BCUT2D eigenvalue weighted by Crippen LogP contribution is -1.97. The van der Waals surface area contributed by atoms with Crippen molar-refractivity contribution in [3.8, 4) is 5.75 Å². The fourth-order valence-electron chi connectivity index (χ4n) is 1.41. The van der Waals surface area contributed by atoms with Gasteiger partial charge in [-0.1, -0.05) is 0 Å². The van der Waals surface area contributed by atoms with Crippen molar-refractivity contribution in [2.45, 2.75) is 4.90 Å². The van der Waals surface area contributed by atoms with Crippen molar-refractivity contribution in [3.63, 3.8) is 0 Å². The smallest absolute Gasteiger partial charge is 0.124 e. The van der Waals surface area contributed by atoms with Crippen LogP contribution in [0.4, 0.5) is 5.69 Å². The Morgan fingerprint density at radius 3 is 2.11 bits per heavy atom. The Balaban J connectivity index is 2.18. The molecular formula is C13H10NO4S-. The van der Waals surface area contributed by atoms with Crippen LogP contribution >= 0.6 is 0 Å². The summed E-state index contributed by atoms with van der Waals surface area (Å²) in [6, 6.07) is 11.8. The largest absolute Gasteiger partial charge is 0.744 e. The van der Waals surface area contributed by atoms with Crippen LogP contribution in [0.3, 0.4) is 0 Å². The Bertz CT molecular complexity index is 688. The average Bonchev–Trinajstić information content (AvgIpc) is 2.37. The molecule has 0 aromatic heterocycles. The minimum Gasteiger partial charge on any atom is -0.744 e. The molecule has 0 spiro atoms. The van der Waals surface area contributed by atoms with Gasteiger partial charge in [0.1, 0.15) is 15.9 Å². The predicted octanol–water partition coefficient (Wildman–Crippen LogP) is 2.05. The van der Waals surface area contributed by atoms with E-state index in [4.69, 9.17) is 5.11 Å². The topological polar surface area (TPSA) is 89.8 Å². The van der Waals surface area contributed by atoms with E-state index in [0.29, 0.717) is 5.69 Å².